The lowest BCUT2D eigenvalue weighted by Gasteiger charge is -2.06. The highest BCUT2D eigenvalue weighted by Crippen LogP contribution is 2.25. The van der Waals surface area contributed by atoms with Gasteiger partial charge in [-0.25, -0.2) is 0 Å². The summed E-state index contributed by atoms with van der Waals surface area (Å²) < 4.78 is 7.37. The van der Waals surface area contributed by atoms with Crippen LogP contribution in [0.5, 0.6) is 11.6 Å². The third-order valence-electron chi connectivity index (χ3n) is 3.24. The molecule has 23 heavy (non-hydrogen) atoms. The number of nitriles is 1. The van der Waals surface area contributed by atoms with Crippen LogP contribution in [-0.4, -0.2) is 19.8 Å². The van der Waals surface area contributed by atoms with Gasteiger partial charge in [0.05, 0.1) is 5.56 Å². The molecule has 110 valence electrons. The first-order valence-corrected chi connectivity index (χ1v) is 7.71. The van der Waals surface area contributed by atoms with Crippen LogP contribution < -0.4 is 4.74 Å². The number of ether oxygens (including phenoxy) is 1. The van der Waals surface area contributed by atoms with Crippen LogP contribution in [0.2, 0.25) is 0 Å². The van der Waals surface area contributed by atoms with Crippen LogP contribution in [0.1, 0.15) is 5.56 Å². The van der Waals surface area contributed by atoms with Crippen molar-refractivity contribution in [1.29, 1.82) is 5.26 Å². The van der Waals surface area contributed by atoms with E-state index in [4.69, 9.17) is 10.00 Å². The summed E-state index contributed by atoms with van der Waals surface area (Å²) in [5, 5.41) is 25.8. The molecule has 0 fully saturated rings. The van der Waals surface area contributed by atoms with Crippen molar-refractivity contribution in [2.45, 2.75) is 0 Å². The molecule has 0 aliphatic heterocycles. The molecule has 0 unspecified atom stereocenters. The van der Waals surface area contributed by atoms with E-state index in [2.05, 4.69) is 21.4 Å². The monoisotopic (exact) mass is 319 g/mol. The Kier molecular flexibility index (Phi) is 3.22. The van der Waals surface area contributed by atoms with Gasteiger partial charge in [0.15, 0.2) is 11.5 Å². The fourth-order valence-electron chi connectivity index (χ4n) is 2.16. The fourth-order valence-corrected chi connectivity index (χ4v) is 2.79. The topological polar surface area (TPSA) is 76.1 Å². The maximum atomic E-state index is 9.13. The van der Waals surface area contributed by atoms with E-state index in [1.54, 1.807) is 46.2 Å². The van der Waals surface area contributed by atoms with Crippen LogP contribution >= 0.6 is 11.3 Å². The SMILES string of the molecule is N#Cc1ccccc1Oc1ccc2nnc(-c3ccsc3)n2n1. The molecule has 0 saturated heterocycles. The van der Waals surface area contributed by atoms with E-state index >= 15 is 0 Å². The van der Waals surface area contributed by atoms with Crippen molar-refractivity contribution < 1.29 is 4.74 Å². The van der Waals surface area contributed by atoms with E-state index in [0.717, 1.165) is 5.56 Å². The van der Waals surface area contributed by atoms with Crippen molar-refractivity contribution in [2.24, 2.45) is 0 Å². The van der Waals surface area contributed by atoms with Crippen molar-refractivity contribution in [3.05, 3.63) is 58.8 Å². The molecule has 0 aliphatic carbocycles. The summed E-state index contributed by atoms with van der Waals surface area (Å²) in [7, 11) is 0. The number of fused-ring (bicyclic) bond motifs is 1. The summed E-state index contributed by atoms with van der Waals surface area (Å²) in [6.07, 6.45) is 0. The van der Waals surface area contributed by atoms with Gasteiger partial charge in [-0.2, -0.15) is 21.1 Å². The highest BCUT2D eigenvalue weighted by atomic mass is 32.1. The molecule has 0 atom stereocenters. The second kappa shape index (κ2) is 5.51. The molecule has 0 aliphatic rings. The van der Waals surface area contributed by atoms with Crippen LogP contribution in [0.15, 0.2) is 53.2 Å². The zero-order chi connectivity index (χ0) is 15.6. The number of benzene rings is 1. The molecular formula is C16H9N5OS. The minimum absolute atomic E-state index is 0.372. The van der Waals surface area contributed by atoms with E-state index in [1.165, 1.54) is 0 Å². The molecule has 0 amide bonds. The predicted molar refractivity (Wildman–Crippen MR) is 85.3 cm³/mol. The van der Waals surface area contributed by atoms with Gasteiger partial charge in [-0.3, -0.25) is 0 Å². The lowest BCUT2D eigenvalue weighted by atomic mass is 10.2. The average molecular weight is 319 g/mol. The van der Waals surface area contributed by atoms with Gasteiger partial charge < -0.3 is 4.74 Å². The lowest BCUT2D eigenvalue weighted by molar-refractivity contribution is 0.451. The fraction of sp³-hybridized carbons (Fsp3) is 0. The normalized spacial score (nSPS) is 10.6. The van der Waals surface area contributed by atoms with Crippen molar-refractivity contribution in [1.82, 2.24) is 19.8 Å². The van der Waals surface area contributed by atoms with E-state index in [-0.39, 0.29) is 0 Å². The number of para-hydroxylation sites is 1. The zero-order valence-corrected chi connectivity index (χ0v) is 12.6. The van der Waals surface area contributed by atoms with Gasteiger partial charge in [0.2, 0.25) is 5.88 Å². The summed E-state index contributed by atoms with van der Waals surface area (Å²) in [5.41, 5.74) is 2.04. The van der Waals surface area contributed by atoms with Gasteiger partial charge in [-0.15, -0.1) is 15.3 Å². The molecule has 6 nitrogen and oxygen atoms in total. The Hall–Kier alpha value is -3.24. The molecule has 0 spiro atoms. The maximum absolute atomic E-state index is 9.13. The van der Waals surface area contributed by atoms with Gasteiger partial charge in [-0.05, 0) is 29.6 Å². The third kappa shape index (κ3) is 2.41. The van der Waals surface area contributed by atoms with Gasteiger partial charge in [0.25, 0.3) is 0 Å². The van der Waals surface area contributed by atoms with E-state index in [0.29, 0.717) is 28.7 Å². The maximum Gasteiger partial charge on any atom is 0.237 e. The second-order valence-electron chi connectivity index (χ2n) is 4.69. The summed E-state index contributed by atoms with van der Waals surface area (Å²) in [6.45, 7) is 0. The Morgan fingerprint density at radius 2 is 2.00 bits per heavy atom. The summed E-state index contributed by atoms with van der Waals surface area (Å²) in [4.78, 5) is 0. The van der Waals surface area contributed by atoms with Crippen molar-refractivity contribution in [2.75, 3.05) is 0 Å². The molecule has 3 aromatic heterocycles. The molecule has 1 aromatic carbocycles. The van der Waals surface area contributed by atoms with Gasteiger partial charge in [0, 0.05) is 17.0 Å². The number of nitrogens with zero attached hydrogens (tertiary/aromatic N) is 5. The molecule has 4 rings (SSSR count). The van der Waals surface area contributed by atoms with Crippen molar-refractivity contribution in [3.8, 4) is 29.1 Å². The Balaban J connectivity index is 1.77. The van der Waals surface area contributed by atoms with E-state index in [9.17, 15) is 0 Å². The molecule has 4 aromatic rings. The van der Waals surface area contributed by atoms with Crippen LogP contribution in [0.25, 0.3) is 17.0 Å². The molecule has 0 radical (unpaired) electrons. The summed E-state index contributed by atoms with van der Waals surface area (Å²) in [5.74, 6) is 1.49. The van der Waals surface area contributed by atoms with Crippen molar-refractivity contribution >= 4 is 17.0 Å². The molecular weight excluding hydrogens is 310 g/mol. The molecule has 3 heterocycles. The number of aromatic nitrogens is 4. The Labute approximate surface area is 135 Å². The zero-order valence-electron chi connectivity index (χ0n) is 11.7. The van der Waals surface area contributed by atoms with Gasteiger partial charge in [0.1, 0.15) is 11.8 Å². The van der Waals surface area contributed by atoms with Crippen LogP contribution in [0.3, 0.4) is 0 Å². The molecule has 0 N–H and O–H groups in total. The second-order valence-corrected chi connectivity index (χ2v) is 5.47. The van der Waals surface area contributed by atoms with Gasteiger partial charge >= 0.3 is 0 Å². The van der Waals surface area contributed by atoms with Crippen LogP contribution in [0.4, 0.5) is 0 Å². The number of rotatable bonds is 3. The molecule has 7 heteroatoms. The predicted octanol–water partition coefficient (Wildman–Crippen LogP) is 3.52. The number of thiophene rings is 1. The Morgan fingerprint density at radius 1 is 1.09 bits per heavy atom. The largest absolute Gasteiger partial charge is 0.436 e. The highest BCUT2D eigenvalue weighted by molar-refractivity contribution is 7.08. The smallest absolute Gasteiger partial charge is 0.237 e. The first kappa shape index (κ1) is 13.4. The number of hydrogen-bond donors (Lipinski definition) is 0. The minimum Gasteiger partial charge on any atom is -0.436 e. The van der Waals surface area contributed by atoms with E-state index in [1.807, 2.05) is 22.9 Å². The average Bonchev–Trinajstić information content (AvgIpc) is 3.24. The Morgan fingerprint density at radius 3 is 2.83 bits per heavy atom. The molecule has 0 bridgehead atoms. The van der Waals surface area contributed by atoms with Crippen molar-refractivity contribution in [3.63, 3.8) is 0 Å². The Bertz CT molecular complexity index is 1020. The first-order valence-electron chi connectivity index (χ1n) is 6.77. The summed E-state index contributed by atoms with van der Waals surface area (Å²) >= 11 is 1.58. The first-order chi connectivity index (χ1) is 11.3. The summed E-state index contributed by atoms with van der Waals surface area (Å²) in [6, 6.07) is 14.6. The van der Waals surface area contributed by atoms with Crippen LogP contribution in [0, 0.1) is 11.3 Å². The van der Waals surface area contributed by atoms with Gasteiger partial charge in [-0.1, -0.05) is 12.1 Å². The van der Waals surface area contributed by atoms with E-state index < -0.39 is 0 Å². The minimum atomic E-state index is 0.372. The standard InChI is InChI=1S/C16H9N5OS/c17-9-11-3-1-2-4-13(11)22-15-6-5-14-18-19-16(21(14)20-15)12-7-8-23-10-12/h1-8,10H. The quantitative estimate of drug-likeness (QED) is 0.577. The highest BCUT2D eigenvalue weighted by Gasteiger charge is 2.12. The third-order valence-corrected chi connectivity index (χ3v) is 3.92. The number of hydrogen-bond acceptors (Lipinski definition) is 6. The van der Waals surface area contributed by atoms with Crippen LogP contribution in [-0.2, 0) is 0 Å². The molecule has 0 saturated carbocycles. The lowest BCUT2D eigenvalue weighted by Crippen LogP contribution is -1.98.